The first-order valence-corrected chi connectivity index (χ1v) is 9.44. The third kappa shape index (κ3) is 4.09. The van der Waals surface area contributed by atoms with Gasteiger partial charge in [0.2, 0.25) is 5.95 Å². The lowest BCUT2D eigenvalue weighted by atomic mass is 9.93. The van der Waals surface area contributed by atoms with Crippen LogP contribution in [0.3, 0.4) is 0 Å². The standard InChI is InChI=1S/C19H18ClF2N5O2/c1-2-28-17-8-5-12(9-14(17)20)15-10-16(27-19(23-15)24-25-26-27)11-3-6-13(7-4-11)29-18(21)22/h3-9,15-16,18H,2,10H2,1H3,(H,23,24,26). The summed E-state index contributed by atoms with van der Waals surface area (Å²) < 4.78 is 36.4. The molecule has 0 bridgehead atoms. The van der Waals surface area contributed by atoms with Gasteiger partial charge in [-0.15, -0.1) is 0 Å². The lowest BCUT2D eigenvalue weighted by Gasteiger charge is -2.31. The van der Waals surface area contributed by atoms with Crippen LogP contribution in [-0.2, 0) is 0 Å². The molecule has 0 saturated carbocycles. The number of halogens is 3. The Hall–Kier alpha value is -2.94. The highest BCUT2D eigenvalue weighted by molar-refractivity contribution is 6.32. The monoisotopic (exact) mass is 421 g/mol. The molecule has 2 unspecified atom stereocenters. The van der Waals surface area contributed by atoms with E-state index >= 15 is 0 Å². The summed E-state index contributed by atoms with van der Waals surface area (Å²) in [5, 5.41) is 15.7. The second kappa shape index (κ2) is 8.20. The van der Waals surface area contributed by atoms with Gasteiger partial charge in [-0.25, -0.2) is 4.68 Å². The Balaban J connectivity index is 1.61. The van der Waals surface area contributed by atoms with Crippen LogP contribution >= 0.6 is 11.6 Å². The Labute approximate surface area is 170 Å². The van der Waals surface area contributed by atoms with E-state index in [0.717, 1.165) is 11.1 Å². The molecule has 0 aliphatic carbocycles. The normalized spacial score (nSPS) is 18.2. The van der Waals surface area contributed by atoms with Crippen LogP contribution < -0.4 is 14.8 Å². The maximum absolute atomic E-state index is 12.4. The van der Waals surface area contributed by atoms with E-state index in [-0.39, 0.29) is 17.8 Å². The third-order valence-corrected chi connectivity index (χ3v) is 4.99. The maximum atomic E-state index is 12.4. The average molecular weight is 422 g/mol. The topological polar surface area (TPSA) is 74.1 Å². The van der Waals surface area contributed by atoms with Crippen molar-refractivity contribution in [2.24, 2.45) is 0 Å². The number of nitrogens with one attached hydrogen (secondary N) is 1. The van der Waals surface area contributed by atoms with Gasteiger partial charge in [0.15, 0.2) is 0 Å². The van der Waals surface area contributed by atoms with Crippen molar-refractivity contribution in [3.05, 3.63) is 58.6 Å². The fraction of sp³-hybridized carbons (Fsp3) is 0.316. The van der Waals surface area contributed by atoms with E-state index in [9.17, 15) is 8.78 Å². The minimum absolute atomic E-state index is 0.0938. The molecule has 1 aliphatic heterocycles. The number of alkyl halides is 2. The van der Waals surface area contributed by atoms with E-state index in [1.807, 2.05) is 25.1 Å². The summed E-state index contributed by atoms with van der Waals surface area (Å²) >= 11 is 6.35. The number of tetrazole rings is 1. The van der Waals surface area contributed by atoms with Crippen molar-refractivity contribution in [3.8, 4) is 11.5 Å². The molecule has 2 atom stereocenters. The first-order valence-electron chi connectivity index (χ1n) is 9.06. The molecule has 1 N–H and O–H groups in total. The van der Waals surface area contributed by atoms with Crippen molar-refractivity contribution < 1.29 is 18.3 Å². The highest BCUT2D eigenvalue weighted by Crippen LogP contribution is 2.39. The summed E-state index contributed by atoms with van der Waals surface area (Å²) in [5.74, 6) is 1.25. The number of nitrogens with zero attached hydrogens (tertiary/aromatic N) is 4. The highest BCUT2D eigenvalue weighted by Gasteiger charge is 2.31. The molecule has 0 saturated heterocycles. The van der Waals surface area contributed by atoms with Gasteiger partial charge in [-0.3, -0.25) is 0 Å². The van der Waals surface area contributed by atoms with Gasteiger partial charge in [0, 0.05) is 0 Å². The van der Waals surface area contributed by atoms with E-state index < -0.39 is 6.61 Å². The minimum atomic E-state index is -2.86. The van der Waals surface area contributed by atoms with E-state index in [2.05, 4.69) is 25.6 Å². The molecule has 1 aliphatic rings. The molecule has 29 heavy (non-hydrogen) atoms. The Morgan fingerprint density at radius 1 is 1.21 bits per heavy atom. The summed E-state index contributed by atoms with van der Waals surface area (Å²) in [5.41, 5.74) is 1.85. The zero-order chi connectivity index (χ0) is 20.4. The van der Waals surface area contributed by atoms with Crippen LogP contribution in [0.25, 0.3) is 0 Å². The number of rotatable bonds is 6. The first kappa shape index (κ1) is 19.4. The van der Waals surface area contributed by atoms with Crippen LogP contribution in [0.2, 0.25) is 5.02 Å². The molecular formula is C19H18ClF2N5O2. The zero-order valence-electron chi connectivity index (χ0n) is 15.4. The Kier molecular flexibility index (Phi) is 5.48. The second-order valence-corrected chi connectivity index (χ2v) is 6.87. The fourth-order valence-electron chi connectivity index (χ4n) is 3.41. The molecule has 2 aromatic carbocycles. The molecule has 4 rings (SSSR count). The minimum Gasteiger partial charge on any atom is -0.492 e. The number of anilines is 1. The third-order valence-electron chi connectivity index (χ3n) is 4.70. The number of aromatic nitrogens is 4. The highest BCUT2D eigenvalue weighted by atomic mass is 35.5. The number of fused-ring (bicyclic) bond motifs is 1. The van der Waals surface area contributed by atoms with E-state index in [4.69, 9.17) is 16.3 Å². The van der Waals surface area contributed by atoms with Crippen molar-refractivity contribution in [3.63, 3.8) is 0 Å². The summed E-state index contributed by atoms with van der Waals surface area (Å²) in [4.78, 5) is 0. The summed E-state index contributed by atoms with van der Waals surface area (Å²) in [6.07, 6.45) is 0.636. The van der Waals surface area contributed by atoms with Gasteiger partial charge in [0.25, 0.3) is 0 Å². The Morgan fingerprint density at radius 2 is 1.97 bits per heavy atom. The molecule has 2 heterocycles. The Morgan fingerprint density at radius 3 is 2.66 bits per heavy atom. The molecule has 3 aromatic rings. The van der Waals surface area contributed by atoms with Crippen molar-refractivity contribution in [1.29, 1.82) is 0 Å². The summed E-state index contributed by atoms with van der Waals surface area (Å²) in [7, 11) is 0. The molecule has 152 valence electrons. The van der Waals surface area contributed by atoms with Gasteiger partial charge in [-0.1, -0.05) is 34.9 Å². The SMILES string of the molecule is CCOc1ccc(C2CC(c3ccc(OC(F)F)cc3)n3nnnc3N2)cc1Cl. The molecule has 7 nitrogen and oxygen atoms in total. The van der Waals surface area contributed by atoms with Crippen molar-refractivity contribution in [2.45, 2.75) is 32.0 Å². The van der Waals surface area contributed by atoms with Gasteiger partial charge in [0.05, 0.1) is 23.7 Å². The second-order valence-electron chi connectivity index (χ2n) is 6.47. The zero-order valence-corrected chi connectivity index (χ0v) is 16.2. The van der Waals surface area contributed by atoms with Crippen molar-refractivity contribution >= 4 is 17.5 Å². The number of hydrogen-bond donors (Lipinski definition) is 1. The number of ether oxygens (including phenoxy) is 2. The summed E-state index contributed by atoms with van der Waals surface area (Å²) in [6.45, 7) is -0.433. The van der Waals surface area contributed by atoms with Crippen molar-refractivity contribution in [2.75, 3.05) is 11.9 Å². The van der Waals surface area contributed by atoms with Crippen LogP contribution in [-0.4, -0.2) is 33.4 Å². The molecular weight excluding hydrogens is 404 g/mol. The van der Waals surface area contributed by atoms with E-state index in [1.165, 1.54) is 12.1 Å². The van der Waals surface area contributed by atoms with E-state index in [0.29, 0.717) is 29.7 Å². The Bertz CT molecular complexity index is 983. The molecule has 0 radical (unpaired) electrons. The summed E-state index contributed by atoms with van der Waals surface area (Å²) in [6, 6.07) is 11.9. The fourth-order valence-corrected chi connectivity index (χ4v) is 3.65. The van der Waals surface area contributed by atoms with Crippen LogP contribution in [0.1, 0.15) is 36.6 Å². The van der Waals surface area contributed by atoms with Crippen LogP contribution in [0, 0.1) is 0 Å². The van der Waals surface area contributed by atoms with Gasteiger partial charge in [0.1, 0.15) is 11.5 Å². The van der Waals surface area contributed by atoms with Crippen LogP contribution in [0.15, 0.2) is 42.5 Å². The number of benzene rings is 2. The lowest BCUT2D eigenvalue weighted by molar-refractivity contribution is -0.0498. The maximum Gasteiger partial charge on any atom is 0.387 e. The smallest absolute Gasteiger partial charge is 0.387 e. The van der Waals surface area contributed by atoms with Gasteiger partial charge >= 0.3 is 6.61 Å². The molecule has 0 fully saturated rings. The van der Waals surface area contributed by atoms with Gasteiger partial charge < -0.3 is 14.8 Å². The van der Waals surface area contributed by atoms with Crippen molar-refractivity contribution in [1.82, 2.24) is 20.2 Å². The molecule has 0 spiro atoms. The number of hydrogen-bond acceptors (Lipinski definition) is 6. The lowest BCUT2D eigenvalue weighted by Crippen LogP contribution is -2.28. The van der Waals surface area contributed by atoms with Gasteiger partial charge in [-0.05, 0) is 59.2 Å². The van der Waals surface area contributed by atoms with Crippen LogP contribution in [0.4, 0.5) is 14.7 Å². The molecule has 10 heteroatoms. The van der Waals surface area contributed by atoms with Crippen LogP contribution in [0.5, 0.6) is 11.5 Å². The molecule has 1 aromatic heterocycles. The van der Waals surface area contributed by atoms with E-state index in [1.54, 1.807) is 16.8 Å². The quantitative estimate of drug-likeness (QED) is 0.633. The average Bonchev–Trinajstić information content (AvgIpc) is 3.18. The first-order chi connectivity index (χ1) is 14.0. The van der Waals surface area contributed by atoms with Gasteiger partial charge in [-0.2, -0.15) is 8.78 Å². The predicted molar refractivity (Wildman–Crippen MR) is 103 cm³/mol. The largest absolute Gasteiger partial charge is 0.492 e. The molecule has 0 amide bonds. The predicted octanol–water partition coefficient (Wildman–Crippen LogP) is 4.47.